The predicted octanol–water partition coefficient (Wildman–Crippen LogP) is 0.651. The lowest BCUT2D eigenvalue weighted by molar-refractivity contribution is -0.135. The first-order valence-corrected chi connectivity index (χ1v) is 3.88. The number of rotatable bonds is 3. The van der Waals surface area contributed by atoms with Crippen molar-refractivity contribution in [2.75, 3.05) is 18.5 Å². The van der Waals surface area contributed by atoms with Gasteiger partial charge in [0, 0.05) is 7.05 Å². The molecule has 0 radical (unpaired) electrons. The highest BCUT2D eigenvalue weighted by atomic mass is 35.5. The van der Waals surface area contributed by atoms with Crippen LogP contribution in [0, 0.1) is 0 Å². The van der Waals surface area contributed by atoms with E-state index in [4.69, 9.17) is 16.7 Å². The molecule has 70 valence electrons. The zero-order chi connectivity index (χ0) is 9.84. The van der Waals surface area contributed by atoms with Gasteiger partial charge in [0.1, 0.15) is 17.5 Å². The van der Waals surface area contributed by atoms with Crippen molar-refractivity contribution in [1.29, 1.82) is 0 Å². The van der Waals surface area contributed by atoms with Crippen LogP contribution < -0.4 is 4.90 Å². The SMILES string of the molecule is CN(CC(=O)O)c1cncc(Cl)n1. The topological polar surface area (TPSA) is 66.3 Å². The molecule has 0 atom stereocenters. The number of carboxylic acid groups (broad SMARTS) is 1. The average Bonchev–Trinajstić information content (AvgIpc) is 2.03. The Labute approximate surface area is 80.0 Å². The van der Waals surface area contributed by atoms with Crippen molar-refractivity contribution in [3.8, 4) is 0 Å². The monoisotopic (exact) mass is 201 g/mol. The summed E-state index contributed by atoms with van der Waals surface area (Å²) in [5, 5.41) is 8.74. The Hall–Kier alpha value is -1.36. The fourth-order valence-corrected chi connectivity index (χ4v) is 0.943. The maximum Gasteiger partial charge on any atom is 0.323 e. The average molecular weight is 202 g/mol. The molecule has 1 aromatic rings. The number of hydrogen-bond acceptors (Lipinski definition) is 4. The molecule has 1 aromatic heterocycles. The molecule has 0 saturated carbocycles. The van der Waals surface area contributed by atoms with E-state index >= 15 is 0 Å². The molecule has 0 amide bonds. The summed E-state index contributed by atoms with van der Waals surface area (Å²) in [5.41, 5.74) is 0. The normalized spacial score (nSPS) is 9.69. The summed E-state index contributed by atoms with van der Waals surface area (Å²) < 4.78 is 0. The molecule has 1 heterocycles. The number of carbonyl (C=O) groups is 1. The number of anilines is 1. The van der Waals surface area contributed by atoms with Gasteiger partial charge in [0.2, 0.25) is 0 Å². The third kappa shape index (κ3) is 2.87. The highest BCUT2D eigenvalue weighted by molar-refractivity contribution is 6.29. The third-order valence-electron chi connectivity index (χ3n) is 1.36. The van der Waals surface area contributed by atoms with Gasteiger partial charge in [0.05, 0.1) is 12.4 Å². The van der Waals surface area contributed by atoms with E-state index in [1.54, 1.807) is 7.05 Å². The summed E-state index contributed by atoms with van der Waals surface area (Å²) in [6.45, 7) is -0.130. The van der Waals surface area contributed by atoms with Gasteiger partial charge in [-0.05, 0) is 0 Å². The van der Waals surface area contributed by atoms with Gasteiger partial charge < -0.3 is 10.0 Å². The van der Waals surface area contributed by atoms with Crippen LogP contribution in [0.15, 0.2) is 12.4 Å². The van der Waals surface area contributed by atoms with Crippen LogP contribution in [-0.4, -0.2) is 34.6 Å². The van der Waals surface area contributed by atoms with Crippen LogP contribution in [0.1, 0.15) is 0 Å². The fourth-order valence-electron chi connectivity index (χ4n) is 0.800. The zero-order valence-electron chi connectivity index (χ0n) is 6.94. The van der Waals surface area contributed by atoms with E-state index in [9.17, 15) is 4.79 Å². The van der Waals surface area contributed by atoms with E-state index in [1.165, 1.54) is 17.3 Å². The summed E-state index contributed by atoms with van der Waals surface area (Å²) >= 11 is 5.58. The molecule has 1 N–H and O–H groups in total. The largest absolute Gasteiger partial charge is 0.480 e. The summed E-state index contributed by atoms with van der Waals surface area (Å²) in [6.07, 6.45) is 2.84. The van der Waals surface area contributed by atoms with Crippen molar-refractivity contribution in [1.82, 2.24) is 9.97 Å². The van der Waals surface area contributed by atoms with Gasteiger partial charge in [-0.1, -0.05) is 11.6 Å². The van der Waals surface area contributed by atoms with Crippen LogP contribution in [0.5, 0.6) is 0 Å². The molecule has 0 spiro atoms. The van der Waals surface area contributed by atoms with Crippen molar-refractivity contribution in [3.05, 3.63) is 17.5 Å². The number of likely N-dealkylation sites (N-methyl/N-ethyl adjacent to an activating group) is 1. The highest BCUT2D eigenvalue weighted by Crippen LogP contribution is 2.09. The second kappa shape index (κ2) is 4.04. The lowest BCUT2D eigenvalue weighted by atomic mass is 10.5. The standard InChI is InChI=1S/C7H8ClN3O2/c1-11(4-7(12)13)6-3-9-2-5(8)10-6/h2-3H,4H2,1H3,(H,12,13). The Balaban J connectivity index is 2.76. The highest BCUT2D eigenvalue weighted by Gasteiger charge is 2.06. The number of aromatic nitrogens is 2. The van der Waals surface area contributed by atoms with Crippen molar-refractivity contribution in [2.45, 2.75) is 0 Å². The van der Waals surface area contributed by atoms with Crippen molar-refractivity contribution in [3.63, 3.8) is 0 Å². The minimum atomic E-state index is -0.927. The van der Waals surface area contributed by atoms with Crippen molar-refractivity contribution >= 4 is 23.4 Å². The van der Waals surface area contributed by atoms with Gasteiger partial charge in [0.15, 0.2) is 0 Å². The van der Waals surface area contributed by atoms with Crippen LogP contribution in [0.25, 0.3) is 0 Å². The molecule has 0 aliphatic carbocycles. The molecule has 0 aliphatic heterocycles. The summed E-state index contributed by atoms with van der Waals surface area (Å²) in [6, 6.07) is 0. The van der Waals surface area contributed by atoms with E-state index in [2.05, 4.69) is 9.97 Å². The molecule has 0 bridgehead atoms. The molecule has 0 unspecified atom stereocenters. The van der Waals surface area contributed by atoms with Gasteiger partial charge in [-0.2, -0.15) is 0 Å². The molecule has 13 heavy (non-hydrogen) atoms. The van der Waals surface area contributed by atoms with Crippen LogP contribution in [0.2, 0.25) is 5.15 Å². The molecule has 6 heteroatoms. The number of aliphatic carboxylic acids is 1. The Kier molecular flexibility index (Phi) is 3.02. The van der Waals surface area contributed by atoms with Crippen molar-refractivity contribution in [2.24, 2.45) is 0 Å². The second-order valence-corrected chi connectivity index (χ2v) is 2.84. The van der Waals surface area contributed by atoms with E-state index in [-0.39, 0.29) is 11.7 Å². The molecule has 0 fully saturated rings. The van der Waals surface area contributed by atoms with Gasteiger partial charge in [-0.3, -0.25) is 9.78 Å². The minimum absolute atomic E-state index is 0.130. The number of carboxylic acids is 1. The molecule has 0 aliphatic rings. The Morgan fingerprint density at radius 3 is 2.92 bits per heavy atom. The van der Waals surface area contributed by atoms with Gasteiger partial charge in [-0.15, -0.1) is 0 Å². The number of nitrogens with zero attached hydrogens (tertiary/aromatic N) is 3. The maximum absolute atomic E-state index is 10.3. The second-order valence-electron chi connectivity index (χ2n) is 2.45. The zero-order valence-corrected chi connectivity index (χ0v) is 7.69. The van der Waals surface area contributed by atoms with E-state index in [0.29, 0.717) is 5.82 Å². The first-order valence-electron chi connectivity index (χ1n) is 3.50. The van der Waals surface area contributed by atoms with Crippen molar-refractivity contribution < 1.29 is 9.90 Å². The van der Waals surface area contributed by atoms with E-state index < -0.39 is 5.97 Å². The summed E-state index contributed by atoms with van der Waals surface area (Å²) in [4.78, 5) is 19.5. The smallest absolute Gasteiger partial charge is 0.323 e. The summed E-state index contributed by atoms with van der Waals surface area (Å²) in [5.74, 6) is -0.487. The van der Waals surface area contributed by atoms with E-state index in [1.807, 2.05) is 0 Å². The molecule has 1 rings (SSSR count). The fraction of sp³-hybridized carbons (Fsp3) is 0.286. The van der Waals surface area contributed by atoms with Crippen LogP contribution in [0.3, 0.4) is 0 Å². The minimum Gasteiger partial charge on any atom is -0.480 e. The molecule has 0 aromatic carbocycles. The summed E-state index contributed by atoms with van der Waals surface area (Å²) in [7, 11) is 1.61. The molecular weight excluding hydrogens is 194 g/mol. The Bertz CT molecular complexity index is 318. The molecule has 0 saturated heterocycles. The number of halogens is 1. The first kappa shape index (κ1) is 9.73. The Morgan fingerprint density at radius 1 is 1.69 bits per heavy atom. The first-order chi connectivity index (χ1) is 6.09. The maximum atomic E-state index is 10.3. The van der Waals surface area contributed by atoms with Crippen LogP contribution in [-0.2, 0) is 4.79 Å². The van der Waals surface area contributed by atoms with Gasteiger partial charge in [0.25, 0.3) is 0 Å². The quantitative estimate of drug-likeness (QED) is 0.778. The third-order valence-corrected chi connectivity index (χ3v) is 1.54. The Morgan fingerprint density at radius 2 is 2.38 bits per heavy atom. The molecular formula is C7H8ClN3O2. The molecule has 5 nitrogen and oxygen atoms in total. The lowest BCUT2D eigenvalue weighted by Gasteiger charge is -2.14. The van der Waals surface area contributed by atoms with Gasteiger partial charge >= 0.3 is 5.97 Å². The van der Waals surface area contributed by atoms with Gasteiger partial charge in [-0.25, -0.2) is 4.98 Å². The predicted molar refractivity (Wildman–Crippen MR) is 47.9 cm³/mol. The number of hydrogen-bond donors (Lipinski definition) is 1. The van der Waals surface area contributed by atoms with Crippen LogP contribution >= 0.6 is 11.6 Å². The van der Waals surface area contributed by atoms with Crippen LogP contribution in [0.4, 0.5) is 5.82 Å². The van der Waals surface area contributed by atoms with E-state index in [0.717, 1.165) is 0 Å². The lowest BCUT2D eigenvalue weighted by Crippen LogP contribution is -2.25.